The predicted octanol–water partition coefficient (Wildman–Crippen LogP) is 10.0. The lowest BCUT2D eigenvalue weighted by Gasteiger charge is -2.03. The monoisotopic (exact) mass is 702 g/mol. The molecule has 0 atom stereocenters. The van der Waals surface area contributed by atoms with E-state index < -0.39 is 12.1 Å². The van der Waals surface area contributed by atoms with Crippen LogP contribution in [0.2, 0.25) is 0 Å². The van der Waals surface area contributed by atoms with Gasteiger partial charge in [0.2, 0.25) is 11.3 Å². The molecule has 0 spiro atoms. The van der Waals surface area contributed by atoms with Crippen LogP contribution >= 0.6 is 0 Å². The quantitative estimate of drug-likeness (QED) is 0.164. The van der Waals surface area contributed by atoms with Crippen molar-refractivity contribution in [3.8, 4) is 0 Å². The maximum atomic E-state index is 10.5. The molecule has 10 heteroatoms. The minimum absolute atomic E-state index is 0.919. The van der Waals surface area contributed by atoms with E-state index in [4.69, 9.17) is 14.3 Å². The van der Waals surface area contributed by atoms with Crippen molar-refractivity contribution in [2.75, 3.05) is 0 Å². The molecule has 272 valence electrons. The van der Waals surface area contributed by atoms with Gasteiger partial charge in [-0.2, -0.15) is 13.2 Å². The summed E-state index contributed by atoms with van der Waals surface area (Å²) in [7, 11) is 0. The Kier molecular flexibility index (Phi) is 10.7. The second kappa shape index (κ2) is 14.5. The van der Waals surface area contributed by atoms with Gasteiger partial charge in [-0.05, 0) is 127 Å². The van der Waals surface area contributed by atoms with Gasteiger partial charge in [-0.3, -0.25) is 0 Å². The van der Waals surface area contributed by atoms with Crippen molar-refractivity contribution >= 4 is 61.4 Å². The summed E-state index contributed by atoms with van der Waals surface area (Å²) in [6.07, 6.45) is 1.61. The van der Waals surface area contributed by atoms with Gasteiger partial charge in [-0.15, -0.1) is 0 Å². The van der Waals surface area contributed by atoms with E-state index in [1.807, 2.05) is 0 Å². The lowest BCUT2D eigenvalue weighted by molar-refractivity contribution is -0.379. The van der Waals surface area contributed by atoms with Crippen LogP contribution in [0, 0.1) is 41.5 Å². The van der Waals surface area contributed by atoms with E-state index in [2.05, 4.69) is 107 Å². The fourth-order valence-electron chi connectivity index (χ4n) is 6.92. The number of hydrogen-bond acceptors (Lipinski definition) is 3. The number of fused-ring (bicyclic) bond motifs is 12. The molecule has 6 heterocycles. The van der Waals surface area contributed by atoms with Crippen LogP contribution in [0.15, 0.2) is 22.6 Å². The fourth-order valence-corrected chi connectivity index (χ4v) is 6.92. The molecule has 0 aliphatic carbocycles. The van der Waals surface area contributed by atoms with Gasteiger partial charge in [-0.1, -0.05) is 26.7 Å². The Morgan fingerprint density at radius 2 is 1.14 bits per heavy atom. The Morgan fingerprint density at radius 3 is 1.65 bits per heavy atom. The molecule has 0 saturated heterocycles. The Hall–Kier alpha value is -4.73. The van der Waals surface area contributed by atoms with Crippen LogP contribution in [0.5, 0.6) is 0 Å². The normalized spacial score (nSPS) is 12.6. The van der Waals surface area contributed by atoms with Gasteiger partial charge in [0.1, 0.15) is 5.97 Å². The molecule has 10 bridgehead atoms. The number of aromatic nitrogens is 4. The highest BCUT2D eigenvalue weighted by atomic mass is 19.4. The van der Waals surface area contributed by atoms with Crippen molar-refractivity contribution in [1.82, 2.24) is 15.0 Å². The number of alkyl halides is 3. The van der Waals surface area contributed by atoms with E-state index >= 15 is 0 Å². The van der Waals surface area contributed by atoms with Crippen molar-refractivity contribution in [3.05, 3.63) is 74.1 Å². The first kappa shape index (κ1) is 37.5. The van der Waals surface area contributed by atoms with Gasteiger partial charge < -0.3 is 29.3 Å². The molecule has 7 nitrogen and oxygen atoms in total. The van der Waals surface area contributed by atoms with E-state index in [0.717, 1.165) is 46.4 Å². The molecule has 1 aliphatic heterocycles. The fraction of sp³-hybridized carbons (Fsp3) is 0.415. The zero-order valence-corrected chi connectivity index (χ0v) is 31.3. The number of furan rings is 1. The number of hydrogen-bond donors (Lipinski definition) is 3. The number of aliphatic carboxylic acids is 1. The summed E-state index contributed by atoms with van der Waals surface area (Å²) >= 11 is 0. The molecule has 0 amide bonds. The number of H-pyrrole nitrogens is 4. The molecule has 5 aromatic heterocycles. The third kappa shape index (κ3) is 7.10. The number of carboxylic acids is 1. The second-order valence-electron chi connectivity index (χ2n) is 13.9. The summed E-state index contributed by atoms with van der Waals surface area (Å²) in [5.74, 6) is -3.01. The average Bonchev–Trinajstić information content (AvgIpc) is 3.80. The lowest BCUT2D eigenvalue weighted by atomic mass is 10.0. The van der Waals surface area contributed by atoms with Crippen LogP contribution in [0.3, 0.4) is 0 Å². The van der Waals surface area contributed by atoms with E-state index in [1.54, 1.807) is 0 Å². The van der Waals surface area contributed by atoms with Gasteiger partial charge >= 0.3 is 6.18 Å². The summed E-state index contributed by atoms with van der Waals surface area (Å²) in [6.45, 7) is 22.3. The van der Waals surface area contributed by atoms with Crippen molar-refractivity contribution in [2.45, 2.75) is 114 Å². The van der Waals surface area contributed by atoms with E-state index in [1.165, 1.54) is 103 Å². The Labute approximate surface area is 296 Å². The zero-order chi connectivity index (χ0) is 37.5. The highest BCUT2D eigenvalue weighted by Gasteiger charge is 2.29. The van der Waals surface area contributed by atoms with Crippen LogP contribution in [-0.2, 0) is 17.6 Å². The Balaban J connectivity index is 0.000000654. The number of carboxylic acid groups (broad SMARTS) is 1. The number of carbonyl (C=O) groups is 1. The minimum Gasteiger partial charge on any atom is -0.542 e. The van der Waals surface area contributed by atoms with Crippen molar-refractivity contribution < 1.29 is 32.5 Å². The molecule has 1 aliphatic rings. The number of nitrogens with one attached hydrogen (secondary N) is 4. The minimum atomic E-state index is -5.19. The first-order valence-corrected chi connectivity index (χ1v) is 17.7. The molecule has 6 rings (SSSR count). The summed E-state index contributed by atoms with van der Waals surface area (Å²) in [6, 6.07) is 6.97. The number of allylic oxidation sites excluding steroid dienone is 2. The summed E-state index contributed by atoms with van der Waals surface area (Å²) in [5, 5.41) is 8.78. The Morgan fingerprint density at radius 1 is 0.667 bits per heavy atom. The second-order valence-corrected chi connectivity index (χ2v) is 13.9. The molecular formula is C41H49F3N4O3. The van der Waals surface area contributed by atoms with Gasteiger partial charge in [0.25, 0.3) is 5.69 Å². The SMILES string of the molecule is CCCCc1c(C)c2cc3[nH+]c(c4oc(c(C)c4C)c4[nH]c(cc5[nH]c(cc1[nH]2)c(CCCC)c5C)c(C)c4C)C(C)=C3C.O=C([O-])C(F)(F)F. The molecule has 5 aromatic rings. The molecule has 4 N–H and O–H groups in total. The van der Waals surface area contributed by atoms with Crippen LogP contribution < -0.4 is 10.1 Å². The predicted molar refractivity (Wildman–Crippen MR) is 198 cm³/mol. The van der Waals surface area contributed by atoms with Crippen molar-refractivity contribution in [2.24, 2.45) is 0 Å². The van der Waals surface area contributed by atoms with Crippen LogP contribution in [0.1, 0.15) is 109 Å². The maximum Gasteiger partial charge on any atom is 0.430 e. The number of unbranched alkanes of at least 4 members (excludes halogenated alkanes) is 2. The third-order valence-electron chi connectivity index (χ3n) is 10.7. The van der Waals surface area contributed by atoms with Gasteiger partial charge in [0, 0.05) is 55.9 Å². The first-order valence-electron chi connectivity index (χ1n) is 17.7. The lowest BCUT2D eigenvalue weighted by Crippen LogP contribution is -2.37. The summed E-state index contributed by atoms with van der Waals surface area (Å²) in [4.78, 5) is 24.0. The third-order valence-corrected chi connectivity index (χ3v) is 10.7. The summed E-state index contributed by atoms with van der Waals surface area (Å²) in [5.41, 5.74) is 23.8. The number of halogens is 3. The number of aryl methyl sites for hydroxylation is 8. The van der Waals surface area contributed by atoms with Crippen molar-refractivity contribution in [3.63, 3.8) is 0 Å². The first-order chi connectivity index (χ1) is 24.0. The van der Waals surface area contributed by atoms with Gasteiger partial charge in [0.05, 0.1) is 5.52 Å². The number of rotatable bonds is 6. The van der Waals surface area contributed by atoms with Crippen molar-refractivity contribution in [1.29, 1.82) is 0 Å². The van der Waals surface area contributed by atoms with Crippen LogP contribution in [0.25, 0.3) is 55.4 Å². The smallest absolute Gasteiger partial charge is 0.430 e. The van der Waals surface area contributed by atoms with E-state index in [0.29, 0.717) is 0 Å². The summed E-state index contributed by atoms with van der Waals surface area (Å²) < 4.78 is 38.3. The topological polar surface area (TPSA) is 115 Å². The van der Waals surface area contributed by atoms with Gasteiger partial charge in [-0.25, -0.2) is 4.98 Å². The number of carbonyl (C=O) groups excluding carboxylic acids is 1. The Bertz CT molecular complexity index is 2340. The van der Waals surface area contributed by atoms with Gasteiger partial charge in [0.15, 0.2) is 5.58 Å². The van der Waals surface area contributed by atoms with Crippen LogP contribution in [-0.4, -0.2) is 27.1 Å². The van der Waals surface area contributed by atoms with E-state index in [-0.39, 0.29) is 0 Å². The maximum absolute atomic E-state index is 10.5. The molecule has 0 aromatic carbocycles. The van der Waals surface area contributed by atoms with E-state index in [9.17, 15) is 13.2 Å². The highest BCUT2D eigenvalue weighted by molar-refractivity contribution is 5.95. The molecule has 0 unspecified atom stereocenters. The number of aromatic amines is 4. The average molecular weight is 703 g/mol. The molecular weight excluding hydrogens is 653 g/mol. The largest absolute Gasteiger partial charge is 0.542 e. The molecule has 51 heavy (non-hydrogen) atoms. The highest BCUT2D eigenvalue weighted by Crippen LogP contribution is 2.36. The molecule has 0 saturated carbocycles. The molecule has 0 fully saturated rings. The standard InChI is InChI=1S/C39H48N4O.C2HF3O2/c1-11-13-15-28-26(9)32-17-30-20(3)22(5)36(42-30)38-24(7)25(8)39(44-38)37-23(6)21(4)31(43-37)18-33-27(10)29(16-14-12-2)35(41-33)19-34(28)40-32;3-2(4,5)1(6)7/h17-19,40-42H,11-16H2,1-10H3;(H,6,7). The van der Waals surface area contributed by atoms with Crippen LogP contribution in [0.4, 0.5) is 13.2 Å². The molecule has 0 radical (unpaired) electrons. The zero-order valence-electron chi connectivity index (χ0n) is 31.3.